The van der Waals surface area contributed by atoms with E-state index in [2.05, 4.69) is 0 Å². The van der Waals surface area contributed by atoms with E-state index in [1.165, 1.54) is 22.3 Å². The summed E-state index contributed by atoms with van der Waals surface area (Å²) < 4.78 is 22.7. The lowest BCUT2D eigenvalue weighted by molar-refractivity contribution is 0.0600. The highest BCUT2D eigenvalue weighted by Gasteiger charge is 2.20. The van der Waals surface area contributed by atoms with Crippen molar-refractivity contribution in [1.29, 1.82) is 0 Å². The molecule has 164 valence electrons. The number of halogens is 2. The van der Waals surface area contributed by atoms with E-state index in [-0.39, 0.29) is 17.1 Å². The van der Waals surface area contributed by atoms with Crippen LogP contribution in [0.2, 0.25) is 5.02 Å². The Hall–Kier alpha value is -3.58. The second kappa shape index (κ2) is 8.51. The van der Waals surface area contributed by atoms with Gasteiger partial charge in [0.1, 0.15) is 5.52 Å². The predicted molar refractivity (Wildman–Crippen MR) is 124 cm³/mol. The molecule has 0 aliphatic rings. The molecule has 4 rings (SSSR count). The Morgan fingerprint density at radius 3 is 2.47 bits per heavy atom. The van der Waals surface area contributed by atoms with Crippen LogP contribution in [0, 0.1) is 5.82 Å². The van der Waals surface area contributed by atoms with Crippen molar-refractivity contribution in [1.82, 2.24) is 9.13 Å². The minimum atomic E-state index is -0.667. The Morgan fingerprint density at radius 1 is 1.09 bits per heavy atom. The van der Waals surface area contributed by atoms with Gasteiger partial charge in [-0.2, -0.15) is 0 Å². The standard InChI is InChI=1S/C24H21ClFN3O3/c1-27(2)17-7-9-18(10-8-17)29-22-20(12-11-19(25)21(22)26)28(24(29)31)14-15-5-4-6-16(13-15)23(30)32-3/h4-13H,14H2,1-3H3. The highest BCUT2D eigenvalue weighted by molar-refractivity contribution is 6.31. The highest BCUT2D eigenvalue weighted by Crippen LogP contribution is 2.27. The van der Waals surface area contributed by atoms with Gasteiger partial charge in [-0.25, -0.2) is 14.0 Å². The first-order valence-electron chi connectivity index (χ1n) is 9.86. The van der Waals surface area contributed by atoms with Gasteiger partial charge in [0.2, 0.25) is 0 Å². The van der Waals surface area contributed by atoms with Crippen LogP contribution in [-0.4, -0.2) is 36.3 Å². The Kier molecular flexibility index (Phi) is 5.76. The smallest absolute Gasteiger partial charge is 0.337 e. The average Bonchev–Trinajstić information content (AvgIpc) is 3.08. The lowest BCUT2D eigenvalue weighted by Gasteiger charge is -2.13. The van der Waals surface area contributed by atoms with Gasteiger partial charge < -0.3 is 9.64 Å². The molecule has 0 saturated heterocycles. The molecule has 0 radical (unpaired) electrons. The number of ether oxygens (including phenoxy) is 1. The van der Waals surface area contributed by atoms with Crippen molar-refractivity contribution in [3.05, 3.63) is 93.1 Å². The number of aromatic nitrogens is 2. The van der Waals surface area contributed by atoms with Crippen LogP contribution in [0.3, 0.4) is 0 Å². The Bertz CT molecular complexity index is 1370. The summed E-state index contributed by atoms with van der Waals surface area (Å²) in [6.45, 7) is 0.143. The van der Waals surface area contributed by atoms with Gasteiger partial charge in [0.15, 0.2) is 5.82 Å². The molecule has 0 unspecified atom stereocenters. The van der Waals surface area contributed by atoms with E-state index in [9.17, 15) is 9.59 Å². The summed E-state index contributed by atoms with van der Waals surface area (Å²) in [7, 11) is 5.13. The molecule has 4 aromatic rings. The second-order valence-corrected chi connectivity index (χ2v) is 7.94. The zero-order chi connectivity index (χ0) is 23.0. The molecule has 0 N–H and O–H groups in total. The van der Waals surface area contributed by atoms with Crippen molar-refractivity contribution in [2.75, 3.05) is 26.1 Å². The Labute approximate surface area is 189 Å². The maximum atomic E-state index is 15.1. The normalized spacial score (nSPS) is 11.0. The number of methoxy groups -OCH3 is 1. The van der Waals surface area contributed by atoms with Crippen LogP contribution in [0.1, 0.15) is 15.9 Å². The molecule has 3 aromatic carbocycles. The van der Waals surface area contributed by atoms with Crippen LogP contribution in [0.25, 0.3) is 16.7 Å². The molecule has 0 fully saturated rings. The number of hydrogen-bond donors (Lipinski definition) is 0. The van der Waals surface area contributed by atoms with Gasteiger partial charge in [-0.3, -0.25) is 9.13 Å². The maximum absolute atomic E-state index is 15.1. The van der Waals surface area contributed by atoms with Crippen molar-refractivity contribution >= 4 is 34.3 Å². The monoisotopic (exact) mass is 453 g/mol. The Balaban J connectivity index is 1.90. The molecule has 0 aliphatic heterocycles. The number of nitrogens with zero attached hydrogens (tertiary/aromatic N) is 3. The molecule has 32 heavy (non-hydrogen) atoms. The number of rotatable bonds is 5. The summed E-state index contributed by atoms with van der Waals surface area (Å²) in [6, 6.07) is 17.1. The average molecular weight is 454 g/mol. The first-order chi connectivity index (χ1) is 15.3. The topological polar surface area (TPSA) is 56.5 Å². The molecular formula is C24H21ClFN3O3. The molecule has 0 saturated carbocycles. The van der Waals surface area contributed by atoms with Crippen molar-refractivity contribution in [3.63, 3.8) is 0 Å². The number of carbonyl (C=O) groups excluding carboxylic acids is 1. The van der Waals surface area contributed by atoms with E-state index in [0.717, 1.165) is 5.69 Å². The van der Waals surface area contributed by atoms with Crippen LogP contribution in [0.4, 0.5) is 10.1 Å². The van der Waals surface area contributed by atoms with Crippen molar-refractivity contribution in [2.45, 2.75) is 6.54 Å². The number of hydrogen-bond acceptors (Lipinski definition) is 4. The van der Waals surface area contributed by atoms with E-state index in [0.29, 0.717) is 22.3 Å². The molecule has 1 heterocycles. The Morgan fingerprint density at radius 2 is 1.81 bits per heavy atom. The van der Waals surface area contributed by atoms with Crippen molar-refractivity contribution in [3.8, 4) is 5.69 Å². The fourth-order valence-electron chi connectivity index (χ4n) is 3.67. The minimum Gasteiger partial charge on any atom is -0.465 e. The lowest BCUT2D eigenvalue weighted by atomic mass is 10.1. The second-order valence-electron chi connectivity index (χ2n) is 7.54. The van der Waals surface area contributed by atoms with Crippen LogP contribution in [0.15, 0.2) is 65.5 Å². The third-order valence-corrected chi connectivity index (χ3v) is 5.59. The van der Waals surface area contributed by atoms with E-state index < -0.39 is 17.5 Å². The molecule has 0 spiro atoms. The third kappa shape index (κ3) is 3.76. The zero-order valence-corrected chi connectivity index (χ0v) is 18.6. The summed E-state index contributed by atoms with van der Waals surface area (Å²) in [5.41, 5.74) is 2.63. The van der Waals surface area contributed by atoms with Gasteiger partial charge in [0.05, 0.1) is 35.4 Å². The van der Waals surface area contributed by atoms with Crippen LogP contribution < -0.4 is 10.6 Å². The predicted octanol–water partition coefficient (Wildman–Crippen LogP) is 4.49. The van der Waals surface area contributed by atoms with Crippen LogP contribution in [0.5, 0.6) is 0 Å². The van der Waals surface area contributed by atoms with Gasteiger partial charge in [-0.15, -0.1) is 0 Å². The summed E-state index contributed by atoms with van der Waals surface area (Å²) in [5.74, 6) is -1.14. The van der Waals surface area contributed by atoms with E-state index in [1.807, 2.05) is 31.1 Å². The lowest BCUT2D eigenvalue weighted by Crippen LogP contribution is -2.24. The van der Waals surface area contributed by atoms with Gasteiger partial charge in [0.25, 0.3) is 0 Å². The molecule has 0 aliphatic carbocycles. The molecule has 0 atom stereocenters. The number of fused-ring (bicyclic) bond motifs is 1. The molecule has 8 heteroatoms. The van der Waals surface area contributed by atoms with Crippen LogP contribution >= 0.6 is 11.6 Å². The highest BCUT2D eigenvalue weighted by atomic mass is 35.5. The fraction of sp³-hybridized carbons (Fsp3) is 0.167. The summed E-state index contributed by atoms with van der Waals surface area (Å²) >= 11 is 6.05. The minimum absolute atomic E-state index is 0.0685. The summed E-state index contributed by atoms with van der Waals surface area (Å²) in [5, 5.41) is -0.0685. The fourth-order valence-corrected chi connectivity index (χ4v) is 3.82. The molecule has 1 aromatic heterocycles. The molecule has 6 nitrogen and oxygen atoms in total. The van der Waals surface area contributed by atoms with Gasteiger partial charge >= 0.3 is 11.7 Å². The number of anilines is 1. The molecule has 0 bridgehead atoms. The number of carbonyl (C=O) groups is 1. The summed E-state index contributed by atoms with van der Waals surface area (Å²) in [4.78, 5) is 27.3. The molecule has 0 amide bonds. The van der Waals surface area contributed by atoms with Gasteiger partial charge in [-0.05, 0) is 54.1 Å². The quantitative estimate of drug-likeness (QED) is 0.418. The van der Waals surface area contributed by atoms with Crippen LogP contribution in [-0.2, 0) is 11.3 Å². The first kappa shape index (κ1) is 21.6. The van der Waals surface area contributed by atoms with Crippen molar-refractivity contribution < 1.29 is 13.9 Å². The largest absolute Gasteiger partial charge is 0.465 e. The number of esters is 1. The zero-order valence-electron chi connectivity index (χ0n) is 17.8. The van der Waals surface area contributed by atoms with E-state index in [4.69, 9.17) is 16.3 Å². The maximum Gasteiger partial charge on any atom is 0.337 e. The third-order valence-electron chi connectivity index (χ3n) is 5.30. The van der Waals surface area contributed by atoms with Gasteiger partial charge in [0, 0.05) is 19.8 Å². The van der Waals surface area contributed by atoms with Gasteiger partial charge in [-0.1, -0.05) is 23.7 Å². The molecular weight excluding hydrogens is 433 g/mol. The number of imidazole rings is 1. The number of benzene rings is 3. The van der Waals surface area contributed by atoms with Crippen molar-refractivity contribution in [2.24, 2.45) is 0 Å². The first-order valence-corrected chi connectivity index (χ1v) is 10.2. The summed E-state index contributed by atoms with van der Waals surface area (Å²) in [6.07, 6.45) is 0. The van der Waals surface area contributed by atoms with E-state index in [1.54, 1.807) is 42.5 Å². The van der Waals surface area contributed by atoms with E-state index >= 15 is 4.39 Å². The SMILES string of the molecule is COC(=O)c1cccc(Cn2c(=O)n(-c3ccc(N(C)C)cc3)c3c(F)c(Cl)ccc32)c1.